The van der Waals surface area contributed by atoms with E-state index in [9.17, 15) is 0 Å². The summed E-state index contributed by atoms with van der Waals surface area (Å²) in [6.45, 7) is 0. The van der Waals surface area contributed by atoms with Crippen molar-refractivity contribution >= 4 is 108 Å². The van der Waals surface area contributed by atoms with E-state index < -0.39 is 0 Å². The van der Waals surface area contributed by atoms with Crippen LogP contribution in [0.15, 0.2) is 83.6 Å². The van der Waals surface area contributed by atoms with E-state index >= 15 is 0 Å². The van der Waals surface area contributed by atoms with E-state index in [1.54, 1.807) is 0 Å². The van der Waals surface area contributed by atoms with E-state index in [2.05, 4.69) is 83.6 Å². The fourth-order valence-electron chi connectivity index (χ4n) is 4.57. The summed E-state index contributed by atoms with van der Waals surface area (Å²) in [6.07, 6.45) is 0. The number of hydrogen-bond donors (Lipinski definition) is 0. The molecule has 162 valence electrons. The number of fused-ring (bicyclic) bond motifs is 6. The van der Waals surface area contributed by atoms with Crippen LogP contribution in [0.25, 0.3) is 69.6 Å². The molecule has 6 heterocycles. The van der Waals surface area contributed by atoms with Gasteiger partial charge in [0.05, 0.1) is 0 Å². The topological polar surface area (TPSA) is 0 Å². The lowest BCUT2D eigenvalue weighted by Crippen LogP contribution is -1.63. The summed E-state index contributed by atoms with van der Waals surface area (Å²) in [6, 6.07) is 27.5. The van der Waals surface area contributed by atoms with Gasteiger partial charge in [-0.15, -0.1) is 68.0 Å². The van der Waals surface area contributed by atoms with E-state index in [0.717, 1.165) is 0 Å². The van der Waals surface area contributed by atoms with E-state index in [0.29, 0.717) is 0 Å². The molecule has 6 aromatic heterocycles. The van der Waals surface area contributed by atoms with Crippen LogP contribution < -0.4 is 0 Å². The minimum absolute atomic E-state index is 1.35. The molecule has 0 atom stereocenters. The van der Waals surface area contributed by atoms with Gasteiger partial charge in [-0.3, -0.25) is 0 Å². The van der Waals surface area contributed by atoms with Gasteiger partial charge >= 0.3 is 0 Å². The van der Waals surface area contributed by atoms with Gasteiger partial charge in [0.1, 0.15) is 0 Å². The lowest BCUT2D eigenvalue weighted by atomic mass is 10.2. The SMILES string of the molecule is c1cc2c(ccc3sc(-c4ccc(-c5ccc(-c6cc7c(ccc8sccc87)s6)s5)s4)cc32)s1. The molecule has 0 aliphatic rings. The first-order chi connectivity index (χ1) is 16.8. The fraction of sp³-hybridized carbons (Fsp3) is 0. The number of hydrogen-bond acceptors (Lipinski definition) is 6. The maximum absolute atomic E-state index is 2.38. The first-order valence-corrected chi connectivity index (χ1v) is 15.8. The average molecular weight is 543 g/mol. The standard InChI is InChI=1S/C28H14S6/c1-3-21-17(15-9-11-29-19(1)15)13-27(31-21)25-7-5-23(33-25)24-6-8-26(34-24)28-14-18-16-10-12-30-20(16)2-4-22(18)32-28/h1-14H. The Hall–Kier alpha value is -2.32. The molecule has 34 heavy (non-hydrogen) atoms. The third kappa shape index (κ3) is 3.04. The van der Waals surface area contributed by atoms with Crippen molar-refractivity contribution in [3.8, 4) is 29.3 Å². The van der Waals surface area contributed by atoms with Gasteiger partial charge in [0.2, 0.25) is 0 Å². The van der Waals surface area contributed by atoms with Crippen LogP contribution in [-0.4, -0.2) is 0 Å². The Balaban J connectivity index is 1.16. The highest BCUT2D eigenvalue weighted by molar-refractivity contribution is 7.30. The summed E-state index contributed by atoms with van der Waals surface area (Å²) in [5.41, 5.74) is 0. The third-order valence-electron chi connectivity index (χ3n) is 6.21. The molecule has 0 nitrogen and oxygen atoms in total. The van der Waals surface area contributed by atoms with Crippen molar-refractivity contribution < 1.29 is 0 Å². The summed E-state index contributed by atoms with van der Waals surface area (Å²) < 4.78 is 5.49. The maximum Gasteiger partial charge on any atom is 0.0455 e. The zero-order valence-corrected chi connectivity index (χ0v) is 22.4. The monoisotopic (exact) mass is 542 g/mol. The summed E-state index contributed by atoms with van der Waals surface area (Å²) in [5.74, 6) is 0. The molecular formula is C28H14S6. The quantitative estimate of drug-likeness (QED) is 0.208. The van der Waals surface area contributed by atoms with E-state index in [1.165, 1.54) is 69.6 Å². The molecule has 0 radical (unpaired) electrons. The van der Waals surface area contributed by atoms with Crippen LogP contribution in [0.2, 0.25) is 0 Å². The predicted octanol–water partition coefficient (Wildman–Crippen LogP) is 11.7. The third-order valence-corrected chi connectivity index (χ3v) is 12.9. The lowest BCUT2D eigenvalue weighted by molar-refractivity contribution is 1.91. The molecule has 0 saturated carbocycles. The molecule has 0 bridgehead atoms. The summed E-state index contributed by atoms with van der Waals surface area (Å²) in [7, 11) is 0. The van der Waals surface area contributed by atoms with Crippen LogP contribution in [0.1, 0.15) is 0 Å². The van der Waals surface area contributed by atoms with Crippen molar-refractivity contribution in [1.82, 2.24) is 0 Å². The van der Waals surface area contributed by atoms with Crippen LogP contribution in [0.4, 0.5) is 0 Å². The molecule has 0 amide bonds. The van der Waals surface area contributed by atoms with Crippen LogP contribution in [-0.2, 0) is 0 Å². The predicted molar refractivity (Wildman–Crippen MR) is 160 cm³/mol. The molecule has 8 aromatic rings. The molecule has 0 aliphatic heterocycles. The van der Waals surface area contributed by atoms with Crippen LogP contribution in [0.5, 0.6) is 0 Å². The van der Waals surface area contributed by atoms with Crippen LogP contribution in [0, 0.1) is 0 Å². The Kier molecular flexibility index (Phi) is 4.45. The smallest absolute Gasteiger partial charge is 0.0455 e. The normalized spacial score (nSPS) is 12.1. The van der Waals surface area contributed by atoms with Gasteiger partial charge in [-0.25, -0.2) is 0 Å². The van der Waals surface area contributed by atoms with Gasteiger partial charge in [-0.2, -0.15) is 0 Å². The van der Waals surface area contributed by atoms with E-state index in [-0.39, 0.29) is 0 Å². The summed E-state index contributed by atoms with van der Waals surface area (Å²) >= 11 is 11.3. The number of thiophene rings is 6. The van der Waals surface area contributed by atoms with Crippen molar-refractivity contribution in [3.63, 3.8) is 0 Å². The Morgan fingerprint density at radius 1 is 0.324 bits per heavy atom. The Bertz CT molecular complexity index is 1830. The van der Waals surface area contributed by atoms with Crippen molar-refractivity contribution in [3.05, 3.63) is 83.6 Å². The first kappa shape index (κ1) is 19.9. The molecule has 0 saturated heterocycles. The Morgan fingerprint density at radius 2 is 0.735 bits per heavy atom. The van der Waals surface area contributed by atoms with Gasteiger partial charge in [-0.05, 0) is 83.6 Å². The number of rotatable bonds is 3. The molecule has 6 heteroatoms. The van der Waals surface area contributed by atoms with Gasteiger partial charge in [0.15, 0.2) is 0 Å². The Labute approximate surface area is 219 Å². The first-order valence-electron chi connectivity index (χ1n) is 10.8. The van der Waals surface area contributed by atoms with Crippen LogP contribution in [0.3, 0.4) is 0 Å². The van der Waals surface area contributed by atoms with E-state index in [1.807, 2.05) is 68.0 Å². The van der Waals surface area contributed by atoms with Crippen molar-refractivity contribution in [2.75, 3.05) is 0 Å². The van der Waals surface area contributed by atoms with E-state index in [4.69, 9.17) is 0 Å². The summed E-state index contributed by atoms with van der Waals surface area (Å²) in [5, 5.41) is 9.92. The van der Waals surface area contributed by atoms with Gasteiger partial charge in [0, 0.05) is 69.6 Å². The zero-order chi connectivity index (χ0) is 22.2. The summed E-state index contributed by atoms with van der Waals surface area (Å²) in [4.78, 5) is 8.15. The second kappa shape index (κ2) is 7.59. The molecule has 8 rings (SSSR count). The fourth-order valence-corrected chi connectivity index (χ4v) is 10.6. The minimum atomic E-state index is 1.35. The highest BCUT2D eigenvalue weighted by Gasteiger charge is 2.14. The second-order valence-electron chi connectivity index (χ2n) is 8.17. The second-order valence-corrected chi connectivity index (χ2v) is 14.4. The molecule has 0 fully saturated rings. The van der Waals surface area contributed by atoms with Gasteiger partial charge in [-0.1, -0.05) is 0 Å². The highest BCUT2D eigenvalue weighted by atomic mass is 32.1. The largest absolute Gasteiger partial charge is 0.144 e. The minimum Gasteiger partial charge on any atom is -0.144 e. The highest BCUT2D eigenvalue weighted by Crippen LogP contribution is 2.46. The van der Waals surface area contributed by atoms with Crippen molar-refractivity contribution in [2.45, 2.75) is 0 Å². The Morgan fingerprint density at radius 3 is 1.21 bits per heavy atom. The molecule has 0 unspecified atom stereocenters. The molecule has 0 N–H and O–H groups in total. The number of benzene rings is 2. The lowest BCUT2D eigenvalue weighted by Gasteiger charge is -1.91. The molecule has 0 aliphatic carbocycles. The zero-order valence-electron chi connectivity index (χ0n) is 17.5. The van der Waals surface area contributed by atoms with Crippen molar-refractivity contribution in [1.29, 1.82) is 0 Å². The molecule has 2 aromatic carbocycles. The molecular weight excluding hydrogens is 529 g/mol. The van der Waals surface area contributed by atoms with Gasteiger partial charge in [0.25, 0.3) is 0 Å². The average Bonchev–Trinajstić information content (AvgIpc) is 3.69. The molecule has 0 spiro atoms. The maximum atomic E-state index is 2.38. The van der Waals surface area contributed by atoms with Crippen molar-refractivity contribution in [2.24, 2.45) is 0 Å². The van der Waals surface area contributed by atoms with Gasteiger partial charge < -0.3 is 0 Å². The van der Waals surface area contributed by atoms with Crippen LogP contribution >= 0.6 is 68.0 Å².